The van der Waals surface area contributed by atoms with Gasteiger partial charge in [0.05, 0.1) is 11.4 Å². The van der Waals surface area contributed by atoms with E-state index in [4.69, 9.17) is 17.3 Å². The molecule has 0 radical (unpaired) electrons. The van der Waals surface area contributed by atoms with Crippen LogP contribution in [0.25, 0.3) is 0 Å². The van der Waals surface area contributed by atoms with E-state index in [0.717, 1.165) is 22.8 Å². The Labute approximate surface area is 102 Å². The van der Waals surface area contributed by atoms with Gasteiger partial charge in [0.15, 0.2) is 0 Å². The summed E-state index contributed by atoms with van der Waals surface area (Å²) in [5.74, 6) is 0. The van der Waals surface area contributed by atoms with E-state index >= 15 is 0 Å². The molecule has 2 atom stereocenters. The minimum absolute atomic E-state index is 0.561. The topological polar surface area (TPSA) is 29.3 Å². The van der Waals surface area contributed by atoms with Crippen molar-refractivity contribution in [3.05, 3.63) is 23.2 Å². The van der Waals surface area contributed by atoms with Crippen molar-refractivity contribution in [3.8, 4) is 0 Å². The molecule has 1 aliphatic rings. The number of hydrogen-bond donors (Lipinski definition) is 1. The summed E-state index contributed by atoms with van der Waals surface area (Å²) >= 11 is 6.05. The van der Waals surface area contributed by atoms with Crippen molar-refractivity contribution >= 4 is 23.0 Å². The van der Waals surface area contributed by atoms with Crippen LogP contribution in [0.3, 0.4) is 0 Å². The van der Waals surface area contributed by atoms with Gasteiger partial charge in [0.1, 0.15) is 0 Å². The van der Waals surface area contributed by atoms with Gasteiger partial charge in [0.25, 0.3) is 0 Å². The molecular formula is C13H19ClN2. The summed E-state index contributed by atoms with van der Waals surface area (Å²) in [6.45, 7) is 4.49. The fourth-order valence-corrected chi connectivity index (χ4v) is 2.81. The molecule has 0 spiro atoms. The lowest BCUT2D eigenvalue weighted by molar-refractivity contribution is 0.629. The first kappa shape index (κ1) is 11.6. The number of anilines is 2. The third-order valence-electron chi connectivity index (χ3n) is 3.53. The first-order valence-corrected chi connectivity index (χ1v) is 6.34. The molecule has 0 bridgehead atoms. The molecule has 2 rings (SSSR count). The van der Waals surface area contributed by atoms with Crippen LogP contribution in [0.2, 0.25) is 5.02 Å². The largest absolute Gasteiger partial charge is 0.397 e. The Hall–Kier alpha value is -0.890. The molecule has 16 heavy (non-hydrogen) atoms. The number of hydrogen-bond acceptors (Lipinski definition) is 2. The Kier molecular flexibility index (Phi) is 3.29. The SMILES string of the molecule is CCC1CCC(C)N1c1cc(Cl)ccc1N. The number of nitrogens with two attached hydrogens (primary N) is 1. The zero-order valence-corrected chi connectivity index (χ0v) is 10.7. The van der Waals surface area contributed by atoms with Crippen LogP contribution in [0.15, 0.2) is 18.2 Å². The van der Waals surface area contributed by atoms with Crippen LogP contribution in [-0.4, -0.2) is 12.1 Å². The van der Waals surface area contributed by atoms with Gasteiger partial charge in [-0.15, -0.1) is 0 Å². The summed E-state index contributed by atoms with van der Waals surface area (Å²) in [6, 6.07) is 6.90. The Morgan fingerprint density at radius 1 is 1.44 bits per heavy atom. The van der Waals surface area contributed by atoms with Gasteiger partial charge in [-0.25, -0.2) is 0 Å². The highest BCUT2D eigenvalue weighted by atomic mass is 35.5. The van der Waals surface area contributed by atoms with Crippen molar-refractivity contribution in [2.45, 2.75) is 45.2 Å². The zero-order chi connectivity index (χ0) is 11.7. The fourth-order valence-electron chi connectivity index (χ4n) is 2.65. The van der Waals surface area contributed by atoms with Crippen LogP contribution in [0.1, 0.15) is 33.1 Å². The van der Waals surface area contributed by atoms with Crippen molar-refractivity contribution in [3.63, 3.8) is 0 Å². The van der Waals surface area contributed by atoms with E-state index in [0.29, 0.717) is 12.1 Å². The Balaban J connectivity index is 2.37. The number of benzene rings is 1. The second-order valence-corrected chi connectivity index (χ2v) is 5.04. The predicted molar refractivity (Wildman–Crippen MR) is 71.1 cm³/mol. The normalized spacial score (nSPS) is 25.1. The molecule has 3 heteroatoms. The van der Waals surface area contributed by atoms with E-state index in [2.05, 4.69) is 18.7 Å². The van der Waals surface area contributed by atoms with Gasteiger partial charge in [-0.3, -0.25) is 0 Å². The Morgan fingerprint density at radius 2 is 2.19 bits per heavy atom. The highest BCUT2D eigenvalue weighted by molar-refractivity contribution is 6.31. The van der Waals surface area contributed by atoms with Crippen molar-refractivity contribution in [2.75, 3.05) is 10.6 Å². The van der Waals surface area contributed by atoms with E-state index in [1.807, 2.05) is 18.2 Å². The lowest BCUT2D eigenvalue weighted by Gasteiger charge is -2.31. The van der Waals surface area contributed by atoms with Crippen LogP contribution < -0.4 is 10.6 Å². The zero-order valence-electron chi connectivity index (χ0n) is 9.91. The van der Waals surface area contributed by atoms with Crippen LogP contribution >= 0.6 is 11.6 Å². The van der Waals surface area contributed by atoms with Crippen LogP contribution in [-0.2, 0) is 0 Å². The third-order valence-corrected chi connectivity index (χ3v) is 3.76. The molecule has 2 unspecified atom stereocenters. The third kappa shape index (κ3) is 1.99. The monoisotopic (exact) mass is 238 g/mol. The Morgan fingerprint density at radius 3 is 2.88 bits per heavy atom. The first-order chi connectivity index (χ1) is 7.63. The van der Waals surface area contributed by atoms with Gasteiger partial charge >= 0.3 is 0 Å². The second-order valence-electron chi connectivity index (χ2n) is 4.60. The van der Waals surface area contributed by atoms with Crippen molar-refractivity contribution < 1.29 is 0 Å². The summed E-state index contributed by atoms with van der Waals surface area (Å²) < 4.78 is 0. The molecule has 1 aliphatic heterocycles. The molecule has 0 saturated carbocycles. The maximum atomic E-state index is 6.05. The Bertz CT molecular complexity index is 378. The number of halogens is 1. The van der Waals surface area contributed by atoms with E-state index in [-0.39, 0.29) is 0 Å². The standard InChI is InChI=1S/C13H19ClN2/c1-3-11-6-4-9(2)16(11)13-8-10(14)5-7-12(13)15/h5,7-9,11H,3-4,6,15H2,1-2H3. The molecule has 1 aromatic carbocycles. The van der Waals surface area contributed by atoms with Gasteiger partial charge < -0.3 is 10.6 Å². The number of rotatable bonds is 2. The van der Waals surface area contributed by atoms with Crippen molar-refractivity contribution in [2.24, 2.45) is 0 Å². The van der Waals surface area contributed by atoms with Gasteiger partial charge in [-0.1, -0.05) is 18.5 Å². The van der Waals surface area contributed by atoms with Crippen LogP contribution in [0, 0.1) is 0 Å². The van der Waals surface area contributed by atoms with E-state index in [9.17, 15) is 0 Å². The first-order valence-electron chi connectivity index (χ1n) is 5.96. The number of nitrogens with zero attached hydrogens (tertiary/aromatic N) is 1. The van der Waals surface area contributed by atoms with Gasteiger partial charge in [-0.05, 0) is 44.4 Å². The lowest BCUT2D eigenvalue weighted by Crippen LogP contribution is -2.34. The van der Waals surface area contributed by atoms with E-state index < -0.39 is 0 Å². The summed E-state index contributed by atoms with van der Waals surface area (Å²) in [6.07, 6.45) is 3.66. The average molecular weight is 239 g/mol. The fraction of sp³-hybridized carbons (Fsp3) is 0.538. The van der Waals surface area contributed by atoms with Crippen molar-refractivity contribution in [1.29, 1.82) is 0 Å². The highest BCUT2D eigenvalue weighted by Gasteiger charge is 2.30. The summed E-state index contributed by atoms with van der Waals surface area (Å²) in [5.41, 5.74) is 7.98. The van der Waals surface area contributed by atoms with Crippen molar-refractivity contribution in [1.82, 2.24) is 0 Å². The maximum absolute atomic E-state index is 6.05. The maximum Gasteiger partial charge on any atom is 0.0619 e. The van der Waals surface area contributed by atoms with Gasteiger partial charge in [0.2, 0.25) is 0 Å². The minimum Gasteiger partial charge on any atom is -0.397 e. The number of nitrogen functional groups attached to an aromatic ring is 1. The molecule has 1 saturated heterocycles. The van der Waals surface area contributed by atoms with Crippen LogP contribution in [0.4, 0.5) is 11.4 Å². The summed E-state index contributed by atoms with van der Waals surface area (Å²) in [5, 5.41) is 0.762. The molecule has 1 heterocycles. The molecule has 1 aromatic rings. The molecule has 88 valence electrons. The quantitative estimate of drug-likeness (QED) is 0.797. The highest BCUT2D eigenvalue weighted by Crippen LogP contribution is 2.36. The summed E-state index contributed by atoms with van der Waals surface area (Å²) in [7, 11) is 0. The summed E-state index contributed by atoms with van der Waals surface area (Å²) in [4.78, 5) is 2.43. The smallest absolute Gasteiger partial charge is 0.0619 e. The molecule has 1 fully saturated rings. The molecular weight excluding hydrogens is 220 g/mol. The van der Waals surface area contributed by atoms with Crippen LogP contribution in [0.5, 0.6) is 0 Å². The molecule has 0 aromatic heterocycles. The second kappa shape index (κ2) is 4.54. The van der Waals surface area contributed by atoms with Gasteiger partial charge in [-0.2, -0.15) is 0 Å². The molecule has 2 N–H and O–H groups in total. The lowest BCUT2D eigenvalue weighted by atomic mass is 10.1. The molecule has 2 nitrogen and oxygen atoms in total. The molecule has 0 amide bonds. The minimum atomic E-state index is 0.561. The van der Waals surface area contributed by atoms with E-state index in [1.165, 1.54) is 12.8 Å². The van der Waals surface area contributed by atoms with E-state index in [1.54, 1.807) is 0 Å². The predicted octanol–water partition coefficient (Wildman–Crippen LogP) is 3.69. The molecule has 0 aliphatic carbocycles. The van der Waals surface area contributed by atoms with Gasteiger partial charge in [0, 0.05) is 17.1 Å². The average Bonchev–Trinajstić information content (AvgIpc) is 2.63.